The van der Waals surface area contributed by atoms with E-state index in [1.807, 2.05) is 4.90 Å². The van der Waals surface area contributed by atoms with E-state index in [1.165, 1.54) is 0 Å². The molecule has 0 aromatic carbocycles. The molecule has 140 valence electrons. The summed E-state index contributed by atoms with van der Waals surface area (Å²) in [6.45, 7) is 12.1. The summed E-state index contributed by atoms with van der Waals surface area (Å²) < 4.78 is 0. The molecule has 5 heteroatoms. The van der Waals surface area contributed by atoms with Crippen LogP contribution in [-0.4, -0.2) is 60.4 Å². The van der Waals surface area contributed by atoms with E-state index < -0.39 is 0 Å². The van der Waals surface area contributed by atoms with Gasteiger partial charge in [0.1, 0.15) is 0 Å². The third kappa shape index (κ3) is 6.80. The first-order valence-corrected chi connectivity index (χ1v) is 9.82. The Bertz CT molecular complexity index is 381. The van der Waals surface area contributed by atoms with E-state index in [9.17, 15) is 9.59 Å². The molecule has 0 aromatic heterocycles. The molecule has 1 aliphatic heterocycles. The quantitative estimate of drug-likeness (QED) is 0.623. The Morgan fingerprint density at radius 2 is 1.75 bits per heavy atom. The molecule has 0 spiro atoms. The van der Waals surface area contributed by atoms with Gasteiger partial charge in [0.05, 0.1) is 12.5 Å². The second-order valence-corrected chi connectivity index (χ2v) is 7.08. The van der Waals surface area contributed by atoms with Gasteiger partial charge in [-0.15, -0.1) is 0 Å². The lowest BCUT2D eigenvalue weighted by molar-refractivity contribution is -0.135. The molecule has 1 N–H and O–H groups in total. The molecule has 1 heterocycles. The molecule has 0 aromatic rings. The van der Waals surface area contributed by atoms with E-state index in [1.54, 1.807) is 0 Å². The molecule has 1 rings (SSSR count). The van der Waals surface area contributed by atoms with E-state index in [0.29, 0.717) is 19.1 Å². The number of nitrogens with zero attached hydrogens (tertiary/aromatic N) is 2. The van der Waals surface area contributed by atoms with Crippen molar-refractivity contribution in [2.24, 2.45) is 5.92 Å². The molecule has 2 amide bonds. The monoisotopic (exact) mass is 339 g/mol. The maximum absolute atomic E-state index is 12.6. The van der Waals surface area contributed by atoms with Crippen LogP contribution in [0, 0.1) is 5.92 Å². The molecule has 1 fully saturated rings. The SMILES string of the molecule is CCCCNC(=O)C1CCC(C)N(CC(=O)N(CCC)CCC)C1. The predicted octanol–water partition coefficient (Wildman–Crippen LogP) is 2.65. The number of rotatable bonds is 10. The van der Waals surface area contributed by atoms with E-state index in [-0.39, 0.29) is 17.7 Å². The van der Waals surface area contributed by atoms with Crippen molar-refractivity contribution in [1.82, 2.24) is 15.1 Å². The van der Waals surface area contributed by atoms with Crippen molar-refractivity contribution in [3.8, 4) is 0 Å². The van der Waals surface area contributed by atoms with Crippen LogP contribution in [0.4, 0.5) is 0 Å². The first kappa shape index (κ1) is 20.9. The van der Waals surface area contributed by atoms with Crippen molar-refractivity contribution in [2.75, 3.05) is 32.7 Å². The Hall–Kier alpha value is -1.10. The van der Waals surface area contributed by atoms with Gasteiger partial charge in [-0.2, -0.15) is 0 Å². The molecule has 2 atom stereocenters. The second-order valence-electron chi connectivity index (χ2n) is 7.08. The van der Waals surface area contributed by atoms with Gasteiger partial charge >= 0.3 is 0 Å². The topological polar surface area (TPSA) is 52.7 Å². The lowest BCUT2D eigenvalue weighted by atomic mass is 9.92. The summed E-state index contributed by atoms with van der Waals surface area (Å²) >= 11 is 0. The Kier molecular flexibility index (Phi) is 9.99. The maximum atomic E-state index is 12.6. The number of carbonyl (C=O) groups is 2. The Morgan fingerprint density at radius 3 is 2.33 bits per heavy atom. The zero-order valence-electron chi connectivity index (χ0n) is 16.1. The number of nitrogens with one attached hydrogen (secondary N) is 1. The van der Waals surface area contributed by atoms with Crippen molar-refractivity contribution >= 4 is 11.8 Å². The summed E-state index contributed by atoms with van der Waals surface area (Å²) in [5.74, 6) is 0.390. The minimum absolute atomic E-state index is 0.0247. The van der Waals surface area contributed by atoms with Crippen molar-refractivity contribution < 1.29 is 9.59 Å². The fourth-order valence-electron chi connectivity index (χ4n) is 3.32. The smallest absolute Gasteiger partial charge is 0.236 e. The molecule has 0 saturated carbocycles. The summed E-state index contributed by atoms with van der Waals surface area (Å²) in [5, 5.41) is 3.04. The van der Waals surface area contributed by atoms with Crippen molar-refractivity contribution in [3.05, 3.63) is 0 Å². The van der Waals surface area contributed by atoms with Gasteiger partial charge in [0.25, 0.3) is 0 Å². The number of carbonyl (C=O) groups excluding carboxylic acids is 2. The highest BCUT2D eigenvalue weighted by molar-refractivity contribution is 5.80. The lowest BCUT2D eigenvalue weighted by Gasteiger charge is -2.38. The summed E-state index contributed by atoms with van der Waals surface area (Å²) in [6, 6.07) is 0.374. The molecule has 24 heavy (non-hydrogen) atoms. The third-order valence-corrected chi connectivity index (χ3v) is 4.89. The van der Waals surface area contributed by atoms with Gasteiger partial charge in [-0.25, -0.2) is 0 Å². The summed E-state index contributed by atoms with van der Waals surface area (Å²) in [5.41, 5.74) is 0. The van der Waals surface area contributed by atoms with Crippen LogP contribution < -0.4 is 5.32 Å². The fourth-order valence-corrected chi connectivity index (χ4v) is 3.32. The zero-order chi connectivity index (χ0) is 17.9. The van der Waals surface area contributed by atoms with Crippen molar-refractivity contribution in [2.45, 2.75) is 72.3 Å². The van der Waals surface area contributed by atoms with Crippen LogP contribution in [0.2, 0.25) is 0 Å². The Balaban J connectivity index is 2.55. The third-order valence-electron chi connectivity index (χ3n) is 4.89. The van der Waals surface area contributed by atoms with Crippen LogP contribution in [0.25, 0.3) is 0 Å². The molecular formula is C19H37N3O2. The number of amides is 2. The second kappa shape index (κ2) is 11.5. The number of hydrogen-bond donors (Lipinski definition) is 1. The van der Waals surface area contributed by atoms with Crippen LogP contribution in [0.15, 0.2) is 0 Å². The Morgan fingerprint density at radius 1 is 1.08 bits per heavy atom. The largest absolute Gasteiger partial charge is 0.356 e. The van der Waals surface area contributed by atoms with Gasteiger partial charge in [0.2, 0.25) is 11.8 Å². The predicted molar refractivity (Wildman–Crippen MR) is 98.8 cm³/mol. The molecule has 1 saturated heterocycles. The lowest BCUT2D eigenvalue weighted by Crippen LogP contribution is -2.51. The molecule has 2 unspecified atom stereocenters. The molecule has 0 radical (unpaired) electrons. The highest BCUT2D eigenvalue weighted by Crippen LogP contribution is 2.22. The van der Waals surface area contributed by atoms with Crippen LogP contribution in [-0.2, 0) is 9.59 Å². The van der Waals surface area contributed by atoms with Crippen LogP contribution in [0.3, 0.4) is 0 Å². The van der Waals surface area contributed by atoms with E-state index in [0.717, 1.165) is 58.2 Å². The van der Waals surface area contributed by atoms with Crippen molar-refractivity contribution in [3.63, 3.8) is 0 Å². The van der Waals surface area contributed by atoms with Gasteiger partial charge in [0.15, 0.2) is 0 Å². The van der Waals surface area contributed by atoms with E-state index in [4.69, 9.17) is 0 Å². The van der Waals surface area contributed by atoms with Gasteiger partial charge < -0.3 is 10.2 Å². The molecule has 1 aliphatic rings. The highest BCUT2D eigenvalue weighted by atomic mass is 16.2. The van der Waals surface area contributed by atoms with Crippen LogP contribution in [0.1, 0.15) is 66.2 Å². The van der Waals surface area contributed by atoms with Crippen LogP contribution in [0.5, 0.6) is 0 Å². The summed E-state index contributed by atoms with van der Waals surface area (Å²) in [4.78, 5) is 29.1. The number of hydrogen-bond acceptors (Lipinski definition) is 3. The number of likely N-dealkylation sites (tertiary alicyclic amines) is 1. The van der Waals surface area contributed by atoms with E-state index >= 15 is 0 Å². The molecule has 0 bridgehead atoms. The van der Waals surface area contributed by atoms with Crippen molar-refractivity contribution in [1.29, 1.82) is 0 Å². The van der Waals surface area contributed by atoms with Crippen LogP contribution >= 0.6 is 0 Å². The average Bonchev–Trinajstić information content (AvgIpc) is 2.56. The minimum atomic E-state index is 0.0247. The average molecular weight is 340 g/mol. The summed E-state index contributed by atoms with van der Waals surface area (Å²) in [7, 11) is 0. The minimum Gasteiger partial charge on any atom is -0.356 e. The standard InChI is InChI=1S/C19H37N3O2/c1-5-8-11-20-19(24)17-10-9-16(4)22(14-17)15-18(23)21(12-6-2)13-7-3/h16-17H,5-15H2,1-4H3,(H,20,24). The van der Waals surface area contributed by atoms with Gasteiger partial charge in [-0.3, -0.25) is 14.5 Å². The molecule has 0 aliphatic carbocycles. The van der Waals surface area contributed by atoms with Gasteiger partial charge in [-0.1, -0.05) is 27.2 Å². The first-order valence-electron chi connectivity index (χ1n) is 9.82. The van der Waals surface area contributed by atoms with E-state index in [2.05, 4.69) is 37.9 Å². The normalized spacial score (nSPS) is 21.5. The highest BCUT2D eigenvalue weighted by Gasteiger charge is 2.31. The number of unbranched alkanes of at least 4 members (excludes halogenated alkanes) is 1. The fraction of sp³-hybridized carbons (Fsp3) is 0.895. The zero-order valence-corrected chi connectivity index (χ0v) is 16.1. The molecule has 5 nitrogen and oxygen atoms in total. The first-order chi connectivity index (χ1) is 11.5. The van der Waals surface area contributed by atoms with Gasteiger partial charge in [0, 0.05) is 32.2 Å². The summed E-state index contributed by atoms with van der Waals surface area (Å²) in [6.07, 6.45) is 6.01. The molecular weight excluding hydrogens is 302 g/mol. The van der Waals surface area contributed by atoms with Gasteiger partial charge in [-0.05, 0) is 39.0 Å². The maximum Gasteiger partial charge on any atom is 0.236 e. The Labute approximate surface area is 148 Å². The number of piperidine rings is 1.